The van der Waals surface area contributed by atoms with Crippen LogP contribution < -0.4 is 0 Å². The van der Waals surface area contributed by atoms with E-state index in [1.54, 1.807) is 19.6 Å². The molecule has 53 heavy (non-hydrogen) atoms. The van der Waals surface area contributed by atoms with Crippen LogP contribution in [0, 0.1) is 58.2 Å². The van der Waals surface area contributed by atoms with Crippen LogP contribution in [-0.4, -0.2) is 51.3 Å². The number of oxazole rings is 1. The summed E-state index contributed by atoms with van der Waals surface area (Å²) in [4.78, 5) is 3.99. The van der Waals surface area contributed by atoms with E-state index in [-0.39, 0.29) is 12.1 Å². The molecule has 0 spiro atoms. The van der Waals surface area contributed by atoms with Crippen molar-refractivity contribution in [3.8, 4) is 0 Å². The molecular formula is C47H92FNO4. The summed E-state index contributed by atoms with van der Waals surface area (Å²) in [6, 6.07) is 0. The summed E-state index contributed by atoms with van der Waals surface area (Å²) in [6.07, 6.45) is 20.8. The Kier molecular flexibility index (Phi) is 27.9. The van der Waals surface area contributed by atoms with Crippen molar-refractivity contribution in [2.24, 2.45) is 58.2 Å². The third kappa shape index (κ3) is 25.0. The molecule has 5 rings (SSSR count). The number of nitrogens with zero attached hydrogens (tertiary/aromatic N) is 1. The zero-order valence-corrected chi connectivity index (χ0v) is 38.2. The molecule has 2 heterocycles. The molecule has 3 saturated carbocycles. The summed E-state index contributed by atoms with van der Waals surface area (Å²) in [5.74, 6) is 7.21. The highest BCUT2D eigenvalue weighted by Gasteiger charge is 2.42. The second-order valence-corrected chi connectivity index (χ2v) is 19.7. The fourth-order valence-electron chi connectivity index (χ4n) is 8.09. The van der Waals surface area contributed by atoms with E-state index in [4.69, 9.17) is 18.6 Å². The van der Waals surface area contributed by atoms with Crippen molar-refractivity contribution in [2.75, 3.05) is 34.1 Å². The molecule has 0 amide bonds. The maximum atomic E-state index is 12.2. The van der Waals surface area contributed by atoms with Crippen LogP contribution in [-0.2, 0) is 20.6 Å². The maximum Gasteiger partial charge on any atom is 0.194 e. The van der Waals surface area contributed by atoms with E-state index in [0.29, 0.717) is 29.5 Å². The summed E-state index contributed by atoms with van der Waals surface area (Å²) in [7, 11) is 3.58. The lowest BCUT2D eigenvalue weighted by molar-refractivity contribution is -0.0605. The Balaban J connectivity index is 0.000000615. The van der Waals surface area contributed by atoms with Crippen molar-refractivity contribution < 1.29 is 23.0 Å². The predicted molar refractivity (Wildman–Crippen MR) is 226 cm³/mol. The SMILES string of the molecule is CC(C)C1CCCC1(C)C.CC(C)CC1(CF)CC1.CC(C)C[C@@H]1CCO1.CC(C)Cc1ncco1.COC1CCCC1C(C)C.COCCC(C)C. The van der Waals surface area contributed by atoms with Gasteiger partial charge in [-0.25, -0.2) is 4.98 Å². The number of alkyl halides is 1. The first-order chi connectivity index (χ1) is 24.8. The molecule has 1 saturated heterocycles. The molecule has 4 aliphatic rings. The highest BCUT2D eigenvalue weighted by molar-refractivity contribution is 4.93. The Labute approximate surface area is 330 Å². The first kappa shape index (κ1) is 52.0. The molecule has 0 N–H and O–H groups in total. The molecule has 316 valence electrons. The summed E-state index contributed by atoms with van der Waals surface area (Å²) in [5.41, 5.74) is 0.780. The molecule has 0 bridgehead atoms. The minimum Gasteiger partial charge on any atom is -0.449 e. The Morgan fingerprint density at radius 3 is 1.68 bits per heavy atom. The lowest BCUT2D eigenvalue weighted by Crippen LogP contribution is -2.27. The molecule has 1 aromatic rings. The Hall–Kier alpha value is -0.980. The normalized spacial score (nSPS) is 23.5. The summed E-state index contributed by atoms with van der Waals surface area (Å²) in [6.45, 7) is 33.4. The topological polar surface area (TPSA) is 53.7 Å². The number of hydrogen-bond acceptors (Lipinski definition) is 5. The fourth-order valence-corrected chi connectivity index (χ4v) is 8.09. The molecule has 1 aliphatic heterocycles. The highest BCUT2D eigenvalue weighted by Crippen LogP contribution is 2.50. The van der Waals surface area contributed by atoms with Gasteiger partial charge in [-0.3, -0.25) is 4.39 Å². The van der Waals surface area contributed by atoms with Crippen molar-refractivity contribution in [3.05, 3.63) is 18.4 Å². The third-order valence-electron chi connectivity index (χ3n) is 11.4. The van der Waals surface area contributed by atoms with Gasteiger partial charge in [0, 0.05) is 33.9 Å². The number of halogens is 1. The molecule has 6 heteroatoms. The summed E-state index contributed by atoms with van der Waals surface area (Å²) in [5, 5.41) is 0. The average molecular weight is 754 g/mol. The van der Waals surface area contributed by atoms with Crippen LogP contribution in [0.5, 0.6) is 0 Å². The molecule has 3 unspecified atom stereocenters. The van der Waals surface area contributed by atoms with Crippen LogP contribution in [0.2, 0.25) is 0 Å². The molecule has 1 aromatic heterocycles. The van der Waals surface area contributed by atoms with Gasteiger partial charge in [0.25, 0.3) is 0 Å². The van der Waals surface area contributed by atoms with Crippen LogP contribution >= 0.6 is 0 Å². The fraction of sp³-hybridized carbons (Fsp3) is 0.936. The molecular weight excluding hydrogens is 662 g/mol. The van der Waals surface area contributed by atoms with Gasteiger partial charge in [-0.05, 0) is 122 Å². The first-order valence-corrected chi connectivity index (χ1v) is 21.9. The van der Waals surface area contributed by atoms with Gasteiger partial charge in [-0.15, -0.1) is 0 Å². The van der Waals surface area contributed by atoms with Gasteiger partial charge in [0.2, 0.25) is 0 Å². The molecule has 0 radical (unpaired) electrons. The average Bonchev–Trinajstić information content (AvgIpc) is 3.39. The number of methoxy groups -OCH3 is 2. The Morgan fingerprint density at radius 1 is 0.792 bits per heavy atom. The first-order valence-electron chi connectivity index (χ1n) is 21.9. The highest BCUT2D eigenvalue weighted by atomic mass is 19.1. The number of aromatic nitrogens is 1. The quantitative estimate of drug-likeness (QED) is 0.201. The van der Waals surface area contributed by atoms with Crippen molar-refractivity contribution in [3.63, 3.8) is 0 Å². The Morgan fingerprint density at radius 2 is 1.43 bits per heavy atom. The van der Waals surface area contributed by atoms with E-state index in [9.17, 15) is 4.39 Å². The molecule has 3 aliphatic carbocycles. The van der Waals surface area contributed by atoms with Crippen LogP contribution in [0.1, 0.15) is 180 Å². The third-order valence-corrected chi connectivity index (χ3v) is 11.4. The van der Waals surface area contributed by atoms with Gasteiger partial charge in [-0.1, -0.05) is 110 Å². The van der Waals surface area contributed by atoms with Crippen LogP contribution in [0.4, 0.5) is 4.39 Å². The maximum absolute atomic E-state index is 12.2. The lowest BCUT2D eigenvalue weighted by Gasteiger charge is -2.30. The summed E-state index contributed by atoms with van der Waals surface area (Å²) < 4.78 is 32.7. The zero-order chi connectivity index (χ0) is 40.6. The molecule has 5 nitrogen and oxygen atoms in total. The van der Waals surface area contributed by atoms with Crippen molar-refractivity contribution >= 4 is 0 Å². The van der Waals surface area contributed by atoms with E-state index >= 15 is 0 Å². The predicted octanol–water partition coefficient (Wildman–Crippen LogP) is 14.1. The second-order valence-electron chi connectivity index (χ2n) is 19.7. The molecule has 4 fully saturated rings. The minimum atomic E-state index is -0.0921. The largest absolute Gasteiger partial charge is 0.449 e. The van der Waals surface area contributed by atoms with Crippen molar-refractivity contribution in [2.45, 2.75) is 193 Å². The van der Waals surface area contributed by atoms with Gasteiger partial charge in [0.15, 0.2) is 5.89 Å². The van der Waals surface area contributed by atoms with Crippen molar-refractivity contribution in [1.82, 2.24) is 4.98 Å². The lowest BCUT2D eigenvalue weighted by atomic mass is 9.76. The van der Waals surface area contributed by atoms with Crippen molar-refractivity contribution in [1.29, 1.82) is 0 Å². The minimum absolute atomic E-state index is 0.0921. The van der Waals surface area contributed by atoms with E-state index in [0.717, 1.165) is 80.3 Å². The Bertz CT molecular complexity index is 950. The summed E-state index contributed by atoms with van der Waals surface area (Å²) >= 11 is 0. The van der Waals surface area contributed by atoms with E-state index < -0.39 is 0 Å². The van der Waals surface area contributed by atoms with Crippen LogP contribution in [0.3, 0.4) is 0 Å². The van der Waals surface area contributed by atoms with Crippen LogP contribution in [0.25, 0.3) is 0 Å². The monoisotopic (exact) mass is 754 g/mol. The van der Waals surface area contributed by atoms with Gasteiger partial charge in [0.05, 0.1) is 25.1 Å². The second kappa shape index (κ2) is 28.4. The number of rotatable bonds is 13. The zero-order valence-electron chi connectivity index (χ0n) is 38.2. The molecule has 0 aromatic carbocycles. The van der Waals surface area contributed by atoms with Gasteiger partial charge >= 0.3 is 0 Å². The van der Waals surface area contributed by atoms with Gasteiger partial charge < -0.3 is 18.6 Å². The number of hydrogen-bond donors (Lipinski definition) is 0. The van der Waals surface area contributed by atoms with Crippen LogP contribution in [0.15, 0.2) is 16.9 Å². The van der Waals surface area contributed by atoms with Gasteiger partial charge in [-0.2, -0.15) is 0 Å². The molecule has 4 atom stereocenters. The van der Waals surface area contributed by atoms with E-state index in [2.05, 4.69) is 102 Å². The standard InChI is InChI=1S/C10H20.C9H18O.C8H15F.C7H11NO.C7H14O.C6H14O/c1-8(2)9-6-5-7-10(9,3)4;1-7(2)8-5-4-6-9(8)10-3;1-7(2)5-8(6-9)3-4-8;1-6(2)5-7-8-3-4-9-7;1-6(2)5-7-3-4-8-7;1-6(2)4-5-7-3/h8-9H,5-7H2,1-4H3;7-9H,4-6H2,1-3H3;7H,3-6H2,1-2H3;3-4,6H,5H2,1-2H3;6-7H,3-5H2,1-2H3;6H,4-5H2,1-3H3/t;;;;7-;/m....0./s1. The van der Waals surface area contributed by atoms with E-state index in [1.807, 2.05) is 7.11 Å². The van der Waals surface area contributed by atoms with Gasteiger partial charge in [0.1, 0.15) is 6.26 Å². The van der Waals surface area contributed by atoms with E-state index in [1.165, 1.54) is 57.8 Å². The smallest absolute Gasteiger partial charge is 0.194 e. The number of ether oxygens (including phenoxy) is 3.